The van der Waals surface area contributed by atoms with E-state index in [1.807, 2.05) is 37.3 Å². The molecule has 0 bridgehead atoms. The van der Waals surface area contributed by atoms with Crippen molar-refractivity contribution in [3.63, 3.8) is 0 Å². The lowest BCUT2D eigenvalue weighted by atomic mass is 10.00. The molecule has 1 aliphatic rings. The Hall–Kier alpha value is -1.49. The topological polar surface area (TPSA) is 40.6 Å². The van der Waals surface area contributed by atoms with Gasteiger partial charge in [0.2, 0.25) is 11.8 Å². The maximum absolute atomic E-state index is 12.2. The summed E-state index contributed by atoms with van der Waals surface area (Å²) in [4.78, 5) is 27.6. The minimum atomic E-state index is 0.0331. The molecule has 1 fully saturated rings. The highest BCUT2D eigenvalue weighted by Crippen LogP contribution is 2.20. The number of rotatable bonds is 6. The number of carbonyl (C=O) groups excluding carboxylic acids is 2. The Bertz CT molecular complexity index is 492. The molecule has 1 aromatic carbocycles. The van der Waals surface area contributed by atoms with Crippen LogP contribution in [-0.4, -0.2) is 53.5 Å². The van der Waals surface area contributed by atoms with Crippen molar-refractivity contribution in [2.75, 3.05) is 31.9 Å². The van der Waals surface area contributed by atoms with Gasteiger partial charge in [-0.15, -0.1) is 0 Å². The molecule has 1 aromatic rings. The van der Waals surface area contributed by atoms with Gasteiger partial charge in [-0.25, -0.2) is 0 Å². The number of nitrogens with zero attached hydrogens (tertiary/aromatic N) is 2. The number of benzene rings is 1. The number of thiol groups is 1. The first kappa shape index (κ1) is 15.9. The molecule has 0 saturated carbocycles. The predicted octanol–water partition coefficient (Wildman–Crippen LogP) is 1.78. The summed E-state index contributed by atoms with van der Waals surface area (Å²) in [6, 6.07) is 10.0. The normalized spacial score (nSPS) is 17.2. The van der Waals surface area contributed by atoms with Crippen molar-refractivity contribution in [2.24, 2.45) is 0 Å². The first-order chi connectivity index (χ1) is 10.2. The molecule has 2 amide bonds. The van der Waals surface area contributed by atoms with Crippen molar-refractivity contribution in [3.8, 4) is 0 Å². The minimum Gasteiger partial charge on any atom is -0.332 e. The first-order valence-electron chi connectivity index (χ1n) is 7.37. The first-order valence-corrected chi connectivity index (χ1v) is 8.00. The van der Waals surface area contributed by atoms with Crippen LogP contribution in [0.2, 0.25) is 0 Å². The van der Waals surface area contributed by atoms with E-state index in [1.165, 1.54) is 0 Å². The molecule has 0 radical (unpaired) electrons. The van der Waals surface area contributed by atoms with Gasteiger partial charge in [0.25, 0.3) is 0 Å². The predicted molar refractivity (Wildman–Crippen MR) is 86.5 cm³/mol. The summed E-state index contributed by atoms with van der Waals surface area (Å²) < 4.78 is 0. The van der Waals surface area contributed by atoms with Crippen molar-refractivity contribution in [1.82, 2.24) is 9.80 Å². The summed E-state index contributed by atoms with van der Waals surface area (Å²) >= 11 is 4.40. The lowest BCUT2D eigenvalue weighted by Crippen LogP contribution is -2.54. The molecule has 0 aromatic heterocycles. The van der Waals surface area contributed by atoms with Gasteiger partial charge in [-0.05, 0) is 17.7 Å². The van der Waals surface area contributed by atoms with Crippen LogP contribution in [0.15, 0.2) is 30.3 Å². The van der Waals surface area contributed by atoms with Crippen molar-refractivity contribution >= 4 is 24.4 Å². The molecule has 1 saturated heterocycles. The molecular weight excluding hydrogens is 284 g/mol. The zero-order valence-electron chi connectivity index (χ0n) is 12.4. The van der Waals surface area contributed by atoms with E-state index in [0.717, 1.165) is 12.0 Å². The molecule has 2 rings (SSSR count). The van der Waals surface area contributed by atoms with E-state index >= 15 is 0 Å². The molecule has 21 heavy (non-hydrogen) atoms. The molecule has 114 valence electrons. The highest BCUT2D eigenvalue weighted by Gasteiger charge is 2.30. The fourth-order valence-corrected chi connectivity index (χ4v) is 2.93. The van der Waals surface area contributed by atoms with Gasteiger partial charge < -0.3 is 9.80 Å². The standard InChI is InChI=1S/C16H22N2O2S/c1-2-8-17-10-16(20)18(11-15(17)19)9-14(12-21)13-6-4-3-5-7-13/h3-7,14,21H,2,8-12H2,1H3. The zero-order chi connectivity index (χ0) is 15.2. The van der Waals surface area contributed by atoms with Crippen molar-refractivity contribution in [1.29, 1.82) is 0 Å². The van der Waals surface area contributed by atoms with Crippen LogP contribution in [0.1, 0.15) is 24.8 Å². The Balaban J connectivity index is 2.02. The number of hydrogen-bond donors (Lipinski definition) is 1. The number of piperazine rings is 1. The summed E-state index contributed by atoms with van der Waals surface area (Å²) in [5, 5.41) is 0. The summed E-state index contributed by atoms with van der Waals surface area (Å²) in [7, 11) is 0. The van der Waals surface area contributed by atoms with E-state index < -0.39 is 0 Å². The molecule has 1 heterocycles. The fourth-order valence-electron chi connectivity index (χ4n) is 2.60. The lowest BCUT2D eigenvalue weighted by molar-refractivity contribution is -0.150. The van der Waals surface area contributed by atoms with E-state index in [1.54, 1.807) is 9.80 Å². The lowest BCUT2D eigenvalue weighted by Gasteiger charge is -2.35. The van der Waals surface area contributed by atoms with Crippen molar-refractivity contribution in [2.45, 2.75) is 19.3 Å². The molecule has 0 spiro atoms. The average Bonchev–Trinajstić information content (AvgIpc) is 2.50. The second kappa shape index (κ2) is 7.50. The van der Waals surface area contributed by atoms with Gasteiger partial charge in [0, 0.05) is 19.0 Å². The quantitative estimate of drug-likeness (QED) is 0.814. The maximum Gasteiger partial charge on any atom is 0.242 e. The van der Waals surface area contributed by atoms with Crippen LogP contribution in [0.25, 0.3) is 0 Å². The summed E-state index contributed by atoms with van der Waals surface area (Å²) in [5.74, 6) is 0.887. The smallest absolute Gasteiger partial charge is 0.242 e. The van der Waals surface area contributed by atoms with Crippen molar-refractivity contribution < 1.29 is 9.59 Å². The third-order valence-electron chi connectivity index (χ3n) is 3.78. The van der Waals surface area contributed by atoms with Gasteiger partial charge in [-0.3, -0.25) is 9.59 Å². The molecule has 1 atom stereocenters. The van der Waals surface area contributed by atoms with Gasteiger partial charge in [-0.1, -0.05) is 37.3 Å². The number of carbonyl (C=O) groups is 2. The molecule has 0 aliphatic carbocycles. The van der Waals surface area contributed by atoms with Gasteiger partial charge in [0.1, 0.15) is 0 Å². The minimum absolute atomic E-state index is 0.0331. The fraction of sp³-hybridized carbons (Fsp3) is 0.500. The van der Waals surface area contributed by atoms with Gasteiger partial charge in [-0.2, -0.15) is 12.6 Å². The highest BCUT2D eigenvalue weighted by atomic mass is 32.1. The Morgan fingerprint density at radius 3 is 2.33 bits per heavy atom. The van der Waals surface area contributed by atoms with Crippen LogP contribution in [0, 0.1) is 0 Å². The second-order valence-corrected chi connectivity index (χ2v) is 5.74. The average molecular weight is 306 g/mol. The van der Waals surface area contributed by atoms with E-state index in [2.05, 4.69) is 12.6 Å². The van der Waals surface area contributed by atoms with E-state index in [9.17, 15) is 9.59 Å². The Kier molecular flexibility index (Phi) is 5.67. The van der Waals surface area contributed by atoms with Crippen molar-refractivity contribution in [3.05, 3.63) is 35.9 Å². The molecule has 1 aliphatic heterocycles. The van der Waals surface area contributed by atoms with Crippen LogP contribution < -0.4 is 0 Å². The van der Waals surface area contributed by atoms with Crippen LogP contribution in [-0.2, 0) is 9.59 Å². The maximum atomic E-state index is 12.2. The zero-order valence-corrected chi connectivity index (χ0v) is 13.3. The third-order valence-corrected chi connectivity index (χ3v) is 4.22. The van der Waals surface area contributed by atoms with Crippen LogP contribution in [0.4, 0.5) is 0 Å². The molecular formula is C16H22N2O2S. The van der Waals surface area contributed by atoms with E-state index in [-0.39, 0.29) is 30.8 Å². The number of amides is 2. The Morgan fingerprint density at radius 2 is 1.71 bits per heavy atom. The van der Waals surface area contributed by atoms with E-state index in [0.29, 0.717) is 18.8 Å². The van der Waals surface area contributed by atoms with Gasteiger partial charge in [0.05, 0.1) is 13.1 Å². The largest absolute Gasteiger partial charge is 0.332 e. The van der Waals surface area contributed by atoms with Crippen LogP contribution >= 0.6 is 12.6 Å². The summed E-state index contributed by atoms with van der Waals surface area (Å²) in [6.07, 6.45) is 0.877. The number of hydrogen-bond acceptors (Lipinski definition) is 3. The molecule has 5 heteroatoms. The van der Waals surface area contributed by atoms with Crippen LogP contribution in [0.3, 0.4) is 0 Å². The molecule has 1 unspecified atom stereocenters. The monoisotopic (exact) mass is 306 g/mol. The third kappa shape index (κ3) is 4.00. The van der Waals surface area contributed by atoms with Crippen LogP contribution in [0.5, 0.6) is 0 Å². The summed E-state index contributed by atoms with van der Waals surface area (Å²) in [6.45, 7) is 3.62. The Morgan fingerprint density at radius 1 is 1.10 bits per heavy atom. The van der Waals surface area contributed by atoms with Gasteiger partial charge >= 0.3 is 0 Å². The second-order valence-electron chi connectivity index (χ2n) is 5.38. The highest BCUT2D eigenvalue weighted by molar-refractivity contribution is 7.80. The molecule has 0 N–H and O–H groups in total. The summed E-state index contributed by atoms with van der Waals surface area (Å²) in [5.41, 5.74) is 1.16. The Labute approximate surface area is 131 Å². The SMILES string of the molecule is CCCN1CC(=O)N(CC(CS)c2ccccc2)CC1=O. The molecule has 4 nitrogen and oxygen atoms in total. The van der Waals surface area contributed by atoms with Gasteiger partial charge in [0.15, 0.2) is 0 Å². The van der Waals surface area contributed by atoms with E-state index in [4.69, 9.17) is 0 Å².